The maximum absolute atomic E-state index is 9.43. The van der Waals surface area contributed by atoms with Crippen LogP contribution in [0.4, 0.5) is 0 Å². The minimum Gasteiger partial charge on any atom is -0.396 e. The summed E-state index contributed by atoms with van der Waals surface area (Å²) >= 11 is 0. The maximum atomic E-state index is 9.43. The molecule has 0 spiro atoms. The Balaban J connectivity index is 3.35. The largest absolute Gasteiger partial charge is 0.396 e. The number of hydrogen-bond acceptors (Lipinski definition) is 3. The Kier molecular flexibility index (Phi) is 8.40. The Hall–Kier alpha value is -0.120. The van der Waals surface area contributed by atoms with Gasteiger partial charge in [0.15, 0.2) is 0 Å². The summed E-state index contributed by atoms with van der Waals surface area (Å²) in [6.45, 7) is 2.19. The van der Waals surface area contributed by atoms with Crippen LogP contribution in [0.15, 0.2) is 0 Å². The van der Waals surface area contributed by atoms with Crippen LogP contribution in [0.3, 0.4) is 0 Å². The number of hydrogen-bond donors (Lipinski definition) is 3. The Morgan fingerprint density at radius 2 is 1.54 bits per heavy atom. The van der Waals surface area contributed by atoms with Crippen molar-refractivity contribution in [2.75, 3.05) is 6.61 Å². The first-order valence-electron chi connectivity index (χ1n) is 5.17. The van der Waals surface area contributed by atoms with E-state index in [4.69, 9.17) is 5.11 Å². The van der Waals surface area contributed by atoms with E-state index in [2.05, 4.69) is 6.92 Å². The summed E-state index contributed by atoms with van der Waals surface area (Å²) in [6.07, 6.45) is 3.65. The zero-order valence-electron chi connectivity index (χ0n) is 8.45. The van der Waals surface area contributed by atoms with Gasteiger partial charge >= 0.3 is 0 Å². The number of aliphatic hydroxyl groups is 3. The first-order valence-corrected chi connectivity index (χ1v) is 5.17. The Morgan fingerprint density at radius 1 is 1.00 bits per heavy atom. The minimum atomic E-state index is -0.459. The highest BCUT2D eigenvalue weighted by Gasteiger charge is 2.10. The van der Waals surface area contributed by atoms with Crippen LogP contribution in [0.2, 0.25) is 0 Å². The summed E-state index contributed by atoms with van der Waals surface area (Å²) in [5.41, 5.74) is 0. The average molecular weight is 190 g/mol. The van der Waals surface area contributed by atoms with E-state index in [0.717, 1.165) is 19.3 Å². The van der Waals surface area contributed by atoms with Gasteiger partial charge in [0.25, 0.3) is 0 Å². The molecule has 0 saturated carbocycles. The van der Waals surface area contributed by atoms with Crippen molar-refractivity contribution in [2.24, 2.45) is 0 Å². The monoisotopic (exact) mass is 190 g/mol. The smallest absolute Gasteiger partial charge is 0.0565 e. The molecule has 3 N–H and O–H groups in total. The van der Waals surface area contributed by atoms with Gasteiger partial charge in [-0.15, -0.1) is 0 Å². The summed E-state index contributed by atoms with van der Waals surface area (Å²) in [5, 5.41) is 27.3. The third-order valence-corrected chi connectivity index (χ3v) is 2.13. The molecule has 0 bridgehead atoms. The average Bonchev–Trinajstić information content (AvgIpc) is 2.11. The van der Waals surface area contributed by atoms with Gasteiger partial charge in [0.1, 0.15) is 0 Å². The molecule has 2 atom stereocenters. The van der Waals surface area contributed by atoms with Gasteiger partial charge in [-0.25, -0.2) is 0 Å². The quantitative estimate of drug-likeness (QED) is 0.536. The van der Waals surface area contributed by atoms with Crippen LogP contribution in [-0.4, -0.2) is 34.1 Å². The fourth-order valence-electron chi connectivity index (χ4n) is 1.32. The number of aliphatic hydroxyl groups excluding tert-OH is 3. The summed E-state index contributed by atoms with van der Waals surface area (Å²) in [6, 6.07) is 0. The van der Waals surface area contributed by atoms with E-state index in [1.165, 1.54) is 0 Å². The second-order valence-electron chi connectivity index (χ2n) is 3.55. The molecule has 0 heterocycles. The fraction of sp³-hybridized carbons (Fsp3) is 1.00. The van der Waals surface area contributed by atoms with Crippen LogP contribution in [0.5, 0.6) is 0 Å². The molecule has 2 unspecified atom stereocenters. The highest BCUT2D eigenvalue weighted by molar-refractivity contribution is 4.63. The molecule has 0 fully saturated rings. The summed E-state index contributed by atoms with van der Waals surface area (Å²) in [7, 11) is 0. The van der Waals surface area contributed by atoms with Crippen molar-refractivity contribution in [3.05, 3.63) is 0 Å². The lowest BCUT2D eigenvalue weighted by atomic mass is 10.0. The highest BCUT2D eigenvalue weighted by Crippen LogP contribution is 2.10. The zero-order chi connectivity index (χ0) is 10.1. The molecular weight excluding hydrogens is 168 g/mol. The van der Waals surface area contributed by atoms with Crippen molar-refractivity contribution in [3.8, 4) is 0 Å². The maximum Gasteiger partial charge on any atom is 0.0565 e. The van der Waals surface area contributed by atoms with Gasteiger partial charge in [0.05, 0.1) is 12.2 Å². The second kappa shape index (κ2) is 8.48. The molecule has 0 rings (SSSR count). The van der Waals surface area contributed by atoms with Crippen LogP contribution in [0.1, 0.15) is 45.4 Å². The third-order valence-electron chi connectivity index (χ3n) is 2.13. The normalized spacial score (nSPS) is 15.7. The molecule has 80 valence electrons. The third kappa shape index (κ3) is 8.22. The van der Waals surface area contributed by atoms with E-state index in [0.29, 0.717) is 19.3 Å². The van der Waals surface area contributed by atoms with E-state index in [-0.39, 0.29) is 12.7 Å². The van der Waals surface area contributed by atoms with Crippen LogP contribution >= 0.6 is 0 Å². The van der Waals surface area contributed by atoms with Crippen molar-refractivity contribution >= 4 is 0 Å². The van der Waals surface area contributed by atoms with Crippen molar-refractivity contribution < 1.29 is 15.3 Å². The van der Waals surface area contributed by atoms with E-state index < -0.39 is 6.10 Å². The van der Waals surface area contributed by atoms with Crippen molar-refractivity contribution in [2.45, 2.75) is 57.7 Å². The second-order valence-corrected chi connectivity index (χ2v) is 3.55. The van der Waals surface area contributed by atoms with Gasteiger partial charge in [0.2, 0.25) is 0 Å². The fourth-order valence-corrected chi connectivity index (χ4v) is 1.32. The van der Waals surface area contributed by atoms with Crippen LogP contribution in [0.25, 0.3) is 0 Å². The predicted molar refractivity (Wildman–Crippen MR) is 52.5 cm³/mol. The first kappa shape index (κ1) is 12.9. The molecule has 3 nitrogen and oxygen atoms in total. The molecule has 0 aromatic carbocycles. The first-order chi connectivity index (χ1) is 6.20. The molecule has 0 aromatic rings. The van der Waals surface area contributed by atoms with Gasteiger partial charge < -0.3 is 15.3 Å². The molecule has 13 heavy (non-hydrogen) atoms. The summed E-state index contributed by atoms with van der Waals surface area (Å²) in [4.78, 5) is 0. The standard InChI is InChI=1S/C10H22O3/c1-2-3-5-9(12)8-10(13)6-4-7-11/h9-13H,2-8H2,1H3. The van der Waals surface area contributed by atoms with Crippen LogP contribution in [-0.2, 0) is 0 Å². The van der Waals surface area contributed by atoms with Crippen LogP contribution < -0.4 is 0 Å². The minimum absolute atomic E-state index is 0.113. The lowest BCUT2D eigenvalue weighted by molar-refractivity contribution is 0.0656. The summed E-state index contributed by atoms with van der Waals surface area (Å²) in [5.74, 6) is 0. The van der Waals surface area contributed by atoms with Crippen molar-refractivity contribution in [3.63, 3.8) is 0 Å². The van der Waals surface area contributed by atoms with Gasteiger partial charge in [-0.2, -0.15) is 0 Å². The summed E-state index contributed by atoms with van der Waals surface area (Å²) < 4.78 is 0. The van der Waals surface area contributed by atoms with E-state index in [9.17, 15) is 10.2 Å². The molecule has 0 aliphatic heterocycles. The SMILES string of the molecule is CCCCC(O)CC(O)CCCO. The molecule has 0 aliphatic carbocycles. The highest BCUT2D eigenvalue weighted by atomic mass is 16.3. The van der Waals surface area contributed by atoms with Crippen molar-refractivity contribution in [1.29, 1.82) is 0 Å². The van der Waals surface area contributed by atoms with Gasteiger partial charge in [-0.1, -0.05) is 19.8 Å². The van der Waals surface area contributed by atoms with Crippen LogP contribution in [0, 0.1) is 0 Å². The van der Waals surface area contributed by atoms with E-state index in [1.807, 2.05) is 0 Å². The van der Waals surface area contributed by atoms with Gasteiger partial charge in [0, 0.05) is 6.61 Å². The molecular formula is C10H22O3. The Bertz CT molecular complexity index is 94.3. The lowest BCUT2D eigenvalue weighted by Gasteiger charge is -2.14. The van der Waals surface area contributed by atoms with E-state index in [1.54, 1.807) is 0 Å². The molecule has 0 aromatic heterocycles. The Labute approximate surface area is 80.4 Å². The molecule has 0 amide bonds. The lowest BCUT2D eigenvalue weighted by Crippen LogP contribution is -2.17. The molecule has 0 aliphatic rings. The Morgan fingerprint density at radius 3 is 2.00 bits per heavy atom. The van der Waals surface area contributed by atoms with Gasteiger partial charge in [-0.05, 0) is 25.7 Å². The zero-order valence-corrected chi connectivity index (χ0v) is 8.45. The number of rotatable bonds is 8. The predicted octanol–water partition coefficient (Wildman–Crippen LogP) is 1.06. The number of unbranched alkanes of at least 4 members (excludes halogenated alkanes) is 1. The molecule has 0 saturated heterocycles. The molecule has 3 heteroatoms. The van der Waals surface area contributed by atoms with Gasteiger partial charge in [-0.3, -0.25) is 0 Å². The van der Waals surface area contributed by atoms with Crippen molar-refractivity contribution in [1.82, 2.24) is 0 Å². The van der Waals surface area contributed by atoms with E-state index >= 15 is 0 Å². The topological polar surface area (TPSA) is 60.7 Å². The molecule has 0 radical (unpaired) electrons.